The molecule has 1 heterocycles. The minimum absolute atomic E-state index is 0.141. The van der Waals surface area contributed by atoms with Crippen LogP contribution in [0.25, 0.3) is 0 Å². The summed E-state index contributed by atoms with van der Waals surface area (Å²) in [7, 11) is 0. The summed E-state index contributed by atoms with van der Waals surface area (Å²) in [5, 5.41) is 0. The summed E-state index contributed by atoms with van der Waals surface area (Å²) in [4.78, 5) is 26.6. The monoisotopic (exact) mass is 367 g/mol. The van der Waals surface area contributed by atoms with E-state index < -0.39 is 5.97 Å². The highest BCUT2D eigenvalue weighted by Crippen LogP contribution is 2.21. The summed E-state index contributed by atoms with van der Waals surface area (Å²) in [6.45, 7) is 2.88. The van der Waals surface area contributed by atoms with Gasteiger partial charge in [-0.05, 0) is 43.9 Å². The van der Waals surface area contributed by atoms with E-state index in [1.54, 1.807) is 29.2 Å². The molecule has 0 saturated carbocycles. The molecule has 0 spiro atoms. The number of ether oxygens (including phenoxy) is 2. The predicted molar refractivity (Wildman–Crippen MR) is 103 cm³/mol. The van der Waals surface area contributed by atoms with Gasteiger partial charge in [-0.1, -0.05) is 42.5 Å². The van der Waals surface area contributed by atoms with E-state index in [4.69, 9.17) is 9.47 Å². The summed E-state index contributed by atoms with van der Waals surface area (Å²) >= 11 is 0. The molecular formula is C22H25NO4. The van der Waals surface area contributed by atoms with Crippen molar-refractivity contribution in [2.75, 3.05) is 13.2 Å². The molecule has 1 fully saturated rings. The molecule has 1 amide bonds. The third-order valence-corrected chi connectivity index (χ3v) is 4.79. The van der Waals surface area contributed by atoms with Gasteiger partial charge in [0.2, 0.25) is 0 Å². The Morgan fingerprint density at radius 3 is 2.56 bits per heavy atom. The van der Waals surface area contributed by atoms with Crippen molar-refractivity contribution in [1.29, 1.82) is 0 Å². The van der Waals surface area contributed by atoms with Gasteiger partial charge < -0.3 is 14.4 Å². The molecule has 0 aromatic heterocycles. The number of esters is 1. The van der Waals surface area contributed by atoms with Gasteiger partial charge in [-0.2, -0.15) is 0 Å². The average molecular weight is 367 g/mol. The second-order valence-electron chi connectivity index (χ2n) is 6.78. The number of hydrogen-bond acceptors (Lipinski definition) is 4. The average Bonchev–Trinajstić information content (AvgIpc) is 2.71. The van der Waals surface area contributed by atoms with Crippen molar-refractivity contribution in [2.24, 2.45) is 0 Å². The molecule has 5 heteroatoms. The molecule has 142 valence electrons. The van der Waals surface area contributed by atoms with E-state index in [9.17, 15) is 9.59 Å². The SMILES string of the molecule is CC1CCCCN1C(=O)COC(=O)c1ccccc1OCc1ccccc1. The molecule has 1 atom stereocenters. The molecule has 0 radical (unpaired) electrons. The van der Waals surface area contributed by atoms with Crippen molar-refractivity contribution in [3.63, 3.8) is 0 Å². The minimum Gasteiger partial charge on any atom is -0.488 e. The predicted octanol–water partition coefficient (Wildman–Crippen LogP) is 3.82. The Labute approximate surface area is 159 Å². The summed E-state index contributed by atoms with van der Waals surface area (Å²) < 4.78 is 11.1. The lowest BCUT2D eigenvalue weighted by Crippen LogP contribution is -2.44. The van der Waals surface area contributed by atoms with Gasteiger partial charge in [-0.3, -0.25) is 4.79 Å². The van der Waals surface area contributed by atoms with Crippen LogP contribution in [0.4, 0.5) is 0 Å². The zero-order valence-electron chi connectivity index (χ0n) is 15.6. The highest BCUT2D eigenvalue weighted by Gasteiger charge is 2.24. The van der Waals surface area contributed by atoms with E-state index in [1.807, 2.05) is 37.3 Å². The topological polar surface area (TPSA) is 55.8 Å². The lowest BCUT2D eigenvalue weighted by atomic mass is 10.0. The first kappa shape index (κ1) is 19.0. The van der Waals surface area contributed by atoms with Crippen LogP contribution >= 0.6 is 0 Å². The molecule has 1 aliphatic rings. The first-order chi connectivity index (χ1) is 13.1. The van der Waals surface area contributed by atoms with Crippen molar-refractivity contribution in [3.05, 3.63) is 65.7 Å². The van der Waals surface area contributed by atoms with Crippen LogP contribution in [0.2, 0.25) is 0 Å². The molecule has 1 aliphatic heterocycles. The van der Waals surface area contributed by atoms with E-state index in [-0.39, 0.29) is 18.6 Å². The molecule has 1 saturated heterocycles. The maximum atomic E-state index is 12.5. The molecule has 0 aliphatic carbocycles. The first-order valence-electron chi connectivity index (χ1n) is 9.37. The van der Waals surface area contributed by atoms with Crippen LogP contribution in [0.3, 0.4) is 0 Å². The molecule has 0 bridgehead atoms. The first-order valence-corrected chi connectivity index (χ1v) is 9.37. The van der Waals surface area contributed by atoms with Gasteiger partial charge in [0.05, 0.1) is 0 Å². The van der Waals surface area contributed by atoms with Crippen molar-refractivity contribution in [1.82, 2.24) is 4.90 Å². The fourth-order valence-corrected chi connectivity index (χ4v) is 3.25. The van der Waals surface area contributed by atoms with E-state index in [0.29, 0.717) is 17.9 Å². The second-order valence-corrected chi connectivity index (χ2v) is 6.78. The number of likely N-dealkylation sites (tertiary alicyclic amines) is 1. The Bertz CT molecular complexity index is 775. The number of piperidine rings is 1. The van der Waals surface area contributed by atoms with Gasteiger partial charge >= 0.3 is 5.97 Å². The summed E-state index contributed by atoms with van der Waals surface area (Å²) in [6.07, 6.45) is 3.13. The molecule has 1 unspecified atom stereocenters. The second kappa shape index (κ2) is 9.21. The molecule has 3 rings (SSSR count). The number of amides is 1. The fraction of sp³-hybridized carbons (Fsp3) is 0.364. The van der Waals surface area contributed by atoms with Gasteiger partial charge in [-0.25, -0.2) is 4.79 Å². The molecular weight excluding hydrogens is 342 g/mol. The van der Waals surface area contributed by atoms with Crippen LogP contribution in [-0.2, 0) is 16.1 Å². The van der Waals surface area contributed by atoms with Crippen LogP contribution < -0.4 is 4.74 Å². The van der Waals surface area contributed by atoms with Crippen LogP contribution in [-0.4, -0.2) is 36.0 Å². The Balaban J connectivity index is 1.58. The normalized spacial score (nSPS) is 16.6. The van der Waals surface area contributed by atoms with E-state index in [1.165, 1.54) is 0 Å². The summed E-state index contributed by atoms with van der Waals surface area (Å²) in [5.74, 6) is -0.236. The van der Waals surface area contributed by atoms with E-state index >= 15 is 0 Å². The highest BCUT2D eigenvalue weighted by molar-refractivity contribution is 5.94. The fourth-order valence-electron chi connectivity index (χ4n) is 3.25. The van der Waals surface area contributed by atoms with Gasteiger partial charge in [-0.15, -0.1) is 0 Å². The number of rotatable bonds is 6. The lowest BCUT2D eigenvalue weighted by molar-refractivity contribution is -0.137. The molecule has 5 nitrogen and oxygen atoms in total. The van der Waals surface area contributed by atoms with Gasteiger partial charge in [0, 0.05) is 12.6 Å². The van der Waals surface area contributed by atoms with Gasteiger partial charge in [0.1, 0.15) is 17.9 Å². The van der Waals surface area contributed by atoms with Crippen molar-refractivity contribution in [2.45, 2.75) is 38.8 Å². The van der Waals surface area contributed by atoms with Crippen LogP contribution in [0.5, 0.6) is 5.75 Å². The number of nitrogens with zero attached hydrogens (tertiary/aromatic N) is 1. The zero-order chi connectivity index (χ0) is 19.1. The van der Waals surface area contributed by atoms with Crippen LogP contribution in [0, 0.1) is 0 Å². The highest BCUT2D eigenvalue weighted by atomic mass is 16.5. The number of hydrogen-bond donors (Lipinski definition) is 0. The van der Waals surface area contributed by atoms with Gasteiger partial charge in [0.15, 0.2) is 6.61 Å². The van der Waals surface area contributed by atoms with Crippen molar-refractivity contribution in [3.8, 4) is 5.75 Å². The van der Waals surface area contributed by atoms with Crippen LogP contribution in [0.15, 0.2) is 54.6 Å². The molecule has 2 aromatic carbocycles. The van der Waals surface area contributed by atoms with Crippen molar-refractivity contribution < 1.29 is 19.1 Å². The Hall–Kier alpha value is -2.82. The third kappa shape index (κ3) is 5.09. The summed E-state index contributed by atoms with van der Waals surface area (Å²) in [6, 6.07) is 16.9. The number of carbonyl (C=O) groups excluding carboxylic acids is 2. The number of para-hydroxylation sites is 1. The van der Waals surface area contributed by atoms with Gasteiger partial charge in [0.25, 0.3) is 5.91 Å². The Kier molecular flexibility index (Phi) is 6.47. The Morgan fingerprint density at radius 1 is 1.04 bits per heavy atom. The standard InChI is InChI=1S/C22H25NO4/c1-17-9-7-8-14-23(17)21(24)16-27-22(25)19-12-5-6-13-20(19)26-15-18-10-3-2-4-11-18/h2-6,10-13,17H,7-9,14-16H2,1H3. The van der Waals surface area contributed by atoms with Crippen molar-refractivity contribution >= 4 is 11.9 Å². The largest absolute Gasteiger partial charge is 0.488 e. The molecule has 0 N–H and O–H groups in total. The van der Waals surface area contributed by atoms with E-state index in [0.717, 1.165) is 31.4 Å². The maximum absolute atomic E-state index is 12.5. The zero-order valence-corrected chi connectivity index (χ0v) is 15.6. The maximum Gasteiger partial charge on any atom is 0.342 e. The third-order valence-electron chi connectivity index (χ3n) is 4.79. The lowest BCUT2D eigenvalue weighted by Gasteiger charge is -2.33. The minimum atomic E-state index is -0.545. The number of carbonyl (C=O) groups is 2. The van der Waals surface area contributed by atoms with Crippen LogP contribution in [0.1, 0.15) is 42.1 Å². The summed E-state index contributed by atoms with van der Waals surface area (Å²) in [5.41, 5.74) is 1.34. The smallest absolute Gasteiger partial charge is 0.342 e. The number of benzene rings is 2. The Morgan fingerprint density at radius 2 is 1.78 bits per heavy atom. The molecule has 27 heavy (non-hydrogen) atoms. The quantitative estimate of drug-likeness (QED) is 0.728. The molecule has 2 aromatic rings. The van der Waals surface area contributed by atoms with E-state index in [2.05, 4.69) is 0 Å².